The second-order valence-corrected chi connectivity index (χ2v) is 18.2. The molecule has 4 heterocycles. The lowest BCUT2D eigenvalue weighted by Crippen LogP contribution is -2.62. The number of rotatable bonds is 3. The molecule has 1 amide bonds. The molecule has 2 aromatic carbocycles. The summed E-state index contributed by atoms with van der Waals surface area (Å²) in [5.41, 5.74) is 2.85. The molecule has 0 radical (unpaired) electrons. The maximum atomic E-state index is 13.6. The van der Waals surface area contributed by atoms with Crippen molar-refractivity contribution in [3.05, 3.63) is 70.3 Å². The molecule has 0 spiro atoms. The van der Waals surface area contributed by atoms with Gasteiger partial charge in [0, 0.05) is 69.6 Å². The fourth-order valence-electron chi connectivity index (χ4n) is 8.94. The Kier molecular flexibility index (Phi) is 11.6. The predicted octanol–water partition coefficient (Wildman–Crippen LogP) is 5.53. The Hall–Kier alpha value is -2.67. The van der Waals surface area contributed by atoms with Crippen LogP contribution in [0, 0.1) is 17.8 Å². The van der Waals surface area contributed by atoms with Crippen LogP contribution in [0.3, 0.4) is 0 Å². The van der Waals surface area contributed by atoms with Crippen molar-refractivity contribution in [1.82, 2.24) is 14.5 Å². The molecular formula is C40H55ClN4O6S. The number of methoxy groups -OCH3 is 1. The van der Waals surface area contributed by atoms with Crippen LogP contribution >= 0.6 is 11.6 Å². The van der Waals surface area contributed by atoms with E-state index in [9.17, 15) is 13.2 Å². The highest BCUT2D eigenvalue weighted by atomic mass is 35.5. The largest absolute Gasteiger partial charge is 0.487 e. The van der Waals surface area contributed by atoms with Crippen LogP contribution in [0.15, 0.2) is 48.6 Å². The van der Waals surface area contributed by atoms with Crippen LogP contribution in [0.5, 0.6) is 5.75 Å². The summed E-state index contributed by atoms with van der Waals surface area (Å²) in [6.45, 7) is 11.8. The number of aryl methyl sites for hydroxylation is 1. The minimum Gasteiger partial charge on any atom is -0.487 e. The highest BCUT2D eigenvalue weighted by molar-refractivity contribution is 7.90. The van der Waals surface area contributed by atoms with Crippen LogP contribution in [0.2, 0.25) is 5.02 Å². The standard InChI is InChI=1S/C40H55ClN4O6S/c1-28-7-6-15-40(49-3,27-43-17-18-44-19-20-50-26-35(44)24-43)36-13-10-32(36)23-45-16-5-4-8-30-21-34(41)12-9-33(30)25-51-38-14-11-31(22-37(38)45)39(46)42-52(47,48)29(28)2/h6,9,11-12,14-15,21-22,28-29,32,35-36H,4-5,7-8,10,13,16-20,23-27H2,1-3H3,(H,42,46)/b15-6+/t28-,29+,32?,35-,36+,40-/m0/s1. The van der Waals surface area contributed by atoms with Crippen LogP contribution < -0.4 is 14.4 Å². The summed E-state index contributed by atoms with van der Waals surface area (Å²) < 4.78 is 48.7. The molecule has 4 aliphatic heterocycles. The monoisotopic (exact) mass is 754 g/mol. The van der Waals surface area contributed by atoms with Crippen molar-refractivity contribution in [2.24, 2.45) is 17.8 Å². The molecule has 6 atom stereocenters. The molecule has 1 N–H and O–H groups in total. The number of anilines is 1. The van der Waals surface area contributed by atoms with E-state index in [1.54, 1.807) is 13.0 Å². The van der Waals surface area contributed by atoms with E-state index < -0.39 is 26.8 Å². The van der Waals surface area contributed by atoms with Gasteiger partial charge < -0.3 is 19.1 Å². The number of benzene rings is 2. The maximum absolute atomic E-state index is 13.6. The van der Waals surface area contributed by atoms with Gasteiger partial charge in [-0.2, -0.15) is 0 Å². The molecule has 1 aliphatic carbocycles. The normalized spacial score (nSPS) is 32.4. The summed E-state index contributed by atoms with van der Waals surface area (Å²) in [5.74, 6) is 0.436. The Balaban J connectivity index is 1.25. The summed E-state index contributed by atoms with van der Waals surface area (Å²) in [5, 5.41) is -0.0647. The summed E-state index contributed by atoms with van der Waals surface area (Å²) in [4.78, 5) is 21.1. The van der Waals surface area contributed by atoms with Crippen molar-refractivity contribution >= 4 is 33.2 Å². The van der Waals surface area contributed by atoms with Crippen molar-refractivity contribution in [3.8, 4) is 5.75 Å². The zero-order valence-corrected chi connectivity index (χ0v) is 32.5. The number of piperazine rings is 1. The zero-order valence-electron chi connectivity index (χ0n) is 30.9. The van der Waals surface area contributed by atoms with Gasteiger partial charge in [0.1, 0.15) is 18.0 Å². The highest BCUT2D eigenvalue weighted by Crippen LogP contribution is 2.47. The van der Waals surface area contributed by atoms with Gasteiger partial charge in [-0.25, -0.2) is 13.1 Å². The first-order chi connectivity index (χ1) is 25.0. The minimum atomic E-state index is -3.96. The highest BCUT2D eigenvalue weighted by Gasteiger charge is 2.49. The minimum absolute atomic E-state index is 0.224. The number of morpholine rings is 1. The van der Waals surface area contributed by atoms with E-state index in [4.69, 9.17) is 25.8 Å². The van der Waals surface area contributed by atoms with Gasteiger partial charge in [-0.05, 0) is 105 Å². The number of ether oxygens (including phenoxy) is 3. The molecule has 2 aromatic rings. The third kappa shape index (κ3) is 8.05. The van der Waals surface area contributed by atoms with Gasteiger partial charge >= 0.3 is 0 Å². The van der Waals surface area contributed by atoms with E-state index in [1.165, 1.54) is 5.56 Å². The Morgan fingerprint density at radius 3 is 2.69 bits per heavy atom. The molecular weight excluding hydrogens is 700 g/mol. The lowest BCUT2D eigenvalue weighted by molar-refractivity contribution is -0.108. The number of nitrogens with one attached hydrogen (secondary N) is 1. The molecule has 52 heavy (non-hydrogen) atoms. The number of hydrogen-bond donors (Lipinski definition) is 1. The molecule has 7 rings (SSSR count). The zero-order chi connectivity index (χ0) is 36.5. The Bertz CT molecular complexity index is 1740. The number of nitrogens with zero attached hydrogens (tertiary/aromatic N) is 3. The van der Waals surface area contributed by atoms with Crippen molar-refractivity contribution in [3.63, 3.8) is 0 Å². The first kappa shape index (κ1) is 37.6. The van der Waals surface area contributed by atoms with Gasteiger partial charge in [-0.15, -0.1) is 0 Å². The van der Waals surface area contributed by atoms with E-state index in [0.29, 0.717) is 36.3 Å². The number of hydrogen-bond acceptors (Lipinski definition) is 9. The van der Waals surface area contributed by atoms with Crippen LogP contribution in [-0.2, 0) is 32.5 Å². The van der Waals surface area contributed by atoms with Gasteiger partial charge in [0.15, 0.2) is 0 Å². The molecule has 12 heteroatoms. The second-order valence-electron chi connectivity index (χ2n) is 15.7. The van der Waals surface area contributed by atoms with Gasteiger partial charge in [-0.3, -0.25) is 14.6 Å². The smallest absolute Gasteiger partial charge is 0.264 e. The van der Waals surface area contributed by atoms with E-state index in [2.05, 4.69) is 31.6 Å². The van der Waals surface area contributed by atoms with Crippen molar-refractivity contribution < 1.29 is 27.4 Å². The molecule has 5 aliphatic rings. The molecule has 2 bridgehead atoms. The van der Waals surface area contributed by atoms with Gasteiger partial charge in [-0.1, -0.05) is 36.7 Å². The number of allylic oxidation sites excluding steroid dienone is 1. The Morgan fingerprint density at radius 1 is 1.02 bits per heavy atom. The van der Waals surface area contributed by atoms with Crippen LogP contribution in [-0.4, -0.2) is 107 Å². The Labute approximate surface area is 314 Å². The first-order valence-electron chi connectivity index (χ1n) is 19.2. The van der Waals surface area contributed by atoms with Crippen LogP contribution in [0.4, 0.5) is 5.69 Å². The lowest BCUT2D eigenvalue weighted by atomic mass is 9.63. The van der Waals surface area contributed by atoms with Gasteiger partial charge in [0.2, 0.25) is 10.0 Å². The molecule has 0 aromatic heterocycles. The summed E-state index contributed by atoms with van der Waals surface area (Å²) in [7, 11) is -2.11. The topological polar surface area (TPSA) is 101 Å². The van der Waals surface area contributed by atoms with E-state index in [0.717, 1.165) is 107 Å². The fourth-order valence-corrected chi connectivity index (χ4v) is 10.4. The number of fused-ring (bicyclic) bond motifs is 4. The SMILES string of the molecule is CO[C@]1(CN2CCN3CCOC[C@@H]3C2)/C=C/C[C@H](C)[C@@H](C)S(=O)(=O)NC(=O)c2ccc3c(c2)N(CCCCc2cc(Cl)ccc2CO3)CC2CC[C@H]21. The Morgan fingerprint density at radius 2 is 1.88 bits per heavy atom. The average Bonchev–Trinajstić information content (AvgIpc) is 3.15. The molecule has 284 valence electrons. The third-order valence-electron chi connectivity index (χ3n) is 12.5. The molecule has 1 saturated carbocycles. The number of halogens is 1. The number of carbonyl (C=O) groups excluding carboxylic acids is 1. The van der Waals surface area contributed by atoms with Crippen molar-refractivity contribution in [2.75, 3.05) is 71.0 Å². The number of amides is 1. The second kappa shape index (κ2) is 16.0. The van der Waals surface area contributed by atoms with E-state index >= 15 is 0 Å². The molecule has 2 saturated heterocycles. The first-order valence-corrected chi connectivity index (χ1v) is 21.1. The summed E-state index contributed by atoms with van der Waals surface area (Å²) >= 11 is 6.41. The summed E-state index contributed by atoms with van der Waals surface area (Å²) in [6, 6.07) is 11.7. The van der Waals surface area contributed by atoms with Crippen LogP contribution in [0.25, 0.3) is 0 Å². The maximum Gasteiger partial charge on any atom is 0.264 e. The molecule has 1 unspecified atom stereocenters. The van der Waals surface area contributed by atoms with Gasteiger partial charge in [0.05, 0.1) is 24.2 Å². The van der Waals surface area contributed by atoms with E-state index in [1.807, 2.05) is 44.4 Å². The quantitative estimate of drug-likeness (QED) is 0.406. The summed E-state index contributed by atoms with van der Waals surface area (Å²) in [6.07, 6.45) is 9.87. The molecule has 3 fully saturated rings. The van der Waals surface area contributed by atoms with Crippen molar-refractivity contribution in [2.45, 2.75) is 75.9 Å². The third-order valence-corrected chi connectivity index (χ3v) is 14.7. The fraction of sp³-hybridized carbons (Fsp3) is 0.625. The van der Waals surface area contributed by atoms with E-state index in [-0.39, 0.29) is 11.8 Å². The predicted molar refractivity (Wildman–Crippen MR) is 205 cm³/mol. The number of carbonyl (C=O) groups is 1. The molecule has 10 nitrogen and oxygen atoms in total. The number of sulfonamides is 1. The lowest BCUT2D eigenvalue weighted by Gasteiger charge is -2.53. The van der Waals surface area contributed by atoms with Gasteiger partial charge in [0.25, 0.3) is 5.91 Å². The van der Waals surface area contributed by atoms with Crippen molar-refractivity contribution in [1.29, 1.82) is 0 Å². The van der Waals surface area contributed by atoms with Crippen LogP contribution in [0.1, 0.15) is 67.4 Å². The average molecular weight is 755 g/mol.